The average molecular weight is 296 g/mol. The Bertz CT molecular complexity index is 689. The van der Waals surface area contributed by atoms with Crippen LogP contribution < -0.4 is 0 Å². The highest BCUT2D eigenvalue weighted by atomic mass is 32.2. The third-order valence-corrected chi connectivity index (χ3v) is 4.57. The van der Waals surface area contributed by atoms with Crippen molar-refractivity contribution in [3.05, 3.63) is 71.3 Å². The summed E-state index contributed by atoms with van der Waals surface area (Å²) in [5.41, 5.74) is 3.11. The zero-order valence-electron chi connectivity index (χ0n) is 11.8. The lowest BCUT2D eigenvalue weighted by Gasteiger charge is -2.08. The van der Waals surface area contributed by atoms with E-state index >= 15 is 0 Å². The van der Waals surface area contributed by atoms with Crippen molar-refractivity contribution in [2.45, 2.75) is 18.2 Å². The second kappa shape index (κ2) is 6.19. The minimum absolute atomic E-state index is 0.202. The van der Waals surface area contributed by atoms with E-state index in [0.717, 1.165) is 20.9 Å². The van der Waals surface area contributed by atoms with Crippen molar-refractivity contribution < 1.29 is 9.53 Å². The first-order valence-electron chi connectivity index (χ1n) is 7.01. The standard InChI is InChI=1S/C18H16O2S/c1-2-20-18(19)16-12-13-8-6-7-11-15(13)17(16)21-14-9-4-3-5-10-14/h3-11H,2,12H2,1H3. The summed E-state index contributed by atoms with van der Waals surface area (Å²) in [6, 6.07) is 18.3. The van der Waals surface area contributed by atoms with E-state index < -0.39 is 0 Å². The molecule has 0 aromatic heterocycles. The number of hydrogen-bond acceptors (Lipinski definition) is 3. The zero-order valence-corrected chi connectivity index (χ0v) is 12.7. The van der Waals surface area contributed by atoms with Crippen LogP contribution in [0.1, 0.15) is 18.1 Å². The van der Waals surface area contributed by atoms with Crippen molar-refractivity contribution in [3.63, 3.8) is 0 Å². The van der Waals surface area contributed by atoms with Gasteiger partial charge < -0.3 is 4.74 Å². The quantitative estimate of drug-likeness (QED) is 0.786. The summed E-state index contributed by atoms with van der Waals surface area (Å²) in [5.74, 6) is -0.202. The van der Waals surface area contributed by atoms with Gasteiger partial charge in [0.25, 0.3) is 0 Å². The van der Waals surface area contributed by atoms with Crippen LogP contribution in [0.4, 0.5) is 0 Å². The molecule has 0 saturated carbocycles. The first kappa shape index (κ1) is 14.0. The maximum Gasteiger partial charge on any atom is 0.335 e. The molecule has 3 heteroatoms. The van der Waals surface area contributed by atoms with Gasteiger partial charge in [0.2, 0.25) is 0 Å². The molecular weight excluding hydrogens is 280 g/mol. The molecule has 0 amide bonds. The van der Waals surface area contributed by atoms with E-state index in [1.807, 2.05) is 37.3 Å². The molecule has 0 radical (unpaired) electrons. The second-order valence-electron chi connectivity index (χ2n) is 4.78. The molecule has 0 aliphatic heterocycles. The van der Waals surface area contributed by atoms with Crippen LogP contribution in [-0.2, 0) is 16.0 Å². The largest absolute Gasteiger partial charge is 0.463 e. The lowest BCUT2D eigenvalue weighted by Crippen LogP contribution is -2.08. The highest BCUT2D eigenvalue weighted by molar-refractivity contribution is 8.08. The molecule has 0 bridgehead atoms. The topological polar surface area (TPSA) is 26.3 Å². The molecule has 0 N–H and O–H groups in total. The molecule has 2 aromatic carbocycles. The van der Waals surface area contributed by atoms with Gasteiger partial charge in [-0.1, -0.05) is 54.2 Å². The number of ether oxygens (including phenoxy) is 1. The van der Waals surface area contributed by atoms with Crippen LogP contribution >= 0.6 is 11.8 Å². The third kappa shape index (κ3) is 2.88. The molecule has 0 unspecified atom stereocenters. The molecule has 106 valence electrons. The van der Waals surface area contributed by atoms with Crippen LogP contribution in [0.2, 0.25) is 0 Å². The number of rotatable bonds is 4. The second-order valence-corrected chi connectivity index (χ2v) is 5.86. The van der Waals surface area contributed by atoms with Gasteiger partial charge in [-0.2, -0.15) is 0 Å². The van der Waals surface area contributed by atoms with Crippen LogP contribution in [0, 0.1) is 0 Å². The first-order chi connectivity index (χ1) is 10.3. The van der Waals surface area contributed by atoms with Gasteiger partial charge in [0.1, 0.15) is 0 Å². The number of benzene rings is 2. The molecule has 1 aliphatic rings. The maximum atomic E-state index is 12.2. The Morgan fingerprint density at radius 1 is 1.10 bits per heavy atom. The normalized spacial score (nSPS) is 13.2. The fourth-order valence-corrected chi connectivity index (χ4v) is 3.55. The molecule has 0 atom stereocenters. The fraction of sp³-hybridized carbons (Fsp3) is 0.167. The molecule has 0 spiro atoms. The molecule has 21 heavy (non-hydrogen) atoms. The Morgan fingerprint density at radius 3 is 2.57 bits per heavy atom. The highest BCUT2D eigenvalue weighted by Crippen LogP contribution is 2.43. The zero-order chi connectivity index (χ0) is 14.7. The summed E-state index contributed by atoms with van der Waals surface area (Å²) in [7, 11) is 0. The van der Waals surface area contributed by atoms with E-state index in [1.54, 1.807) is 11.8 Å². The molecule has 0 heterocycles. The molecular formula is C18H16O2S. The van der Waals surface area contributed by atoms with Crippen molar-refractivity contribution in [1.82, 2.24) is 0 Å². The minimum Gasteiger partial charge on any atom is -0.463 e. The van der Waals surface area contributed by atoms with E-state index in [9.17, 15) is 4.79 Å². The highest BCUT2D eigenvalue weighted by Gasteiger charge is 2.27. The van der Waals surface area contributed by atoms with Crippen LogP contribution in [0.15, 0.2) is 65.1 Å². The smallest absolute Gasteiger partial charge is 0.335 e. The Hall–Kier alpha value is -2.00. The van der Waals surface area contributed by atoms with Gasteiger partial charge in [0.05, 0.1) is 12.2 Å². The minimum atomic E-state index is -0.202. The van der Waals surface area contributed by atoms with E-state index in [1.165, 1.54) is 5.56 Å². The molecule has 2 nitrogen and oxygen atoms in total. The van der Waals surface area contributed by atoms with Gasteiger partial charge in [-0.25, -0.2) is 4.79 Å². The van der Waals surface area contributed by atoms with Crippen LogP contribution in [0.5, 0.6) is 0 Å². The van der Waals surface area contributed by atoms with Crippen LogP contribution in [0.3, 0.4) is 0 Å². The molecule has 0 fully saturated rings. The third-order valence-electron chi connectivity index (χ3n) is 3.39. The maximum absolute atomic E-state index is 12.2. The summed E-state index contributed by atoms with van der Waals surface area (Å²) in [6.07, 6.45) is 0.657. The number of fused-ring (bicyclic) bond motifs is 1. The number of carbonyl (C=O) groups is 1. The number of hydrogen-bond donors (Lipinski definition) is 0. The van der Waals surface area contributed by atoms with Gasteiger partial charge >= 0.3 is 5.97 Å². The summed E-state index contributed by atoms with van der Waals surface area (Å²) in [6.45, 7) is 2.24. The van der Waals surface area contributed by atoms with Gasteiger partial charge in [-0.05, 0) is 30.2 Å². The number of esters is 1. The van der Waals surface area contributed by atoms with Crippen molar-refractivity contribution in [2.75, 3.05) is 6.61 Å². The Labute approximate surface area is 128 Å². The van der Waals surface area contributed by atoms with E-state index in [4.69, 9.17) is 4.74 Å². The van der Waals surface area contributed by atoms with Crippen LogP contribution in [-0.4, -0.2) is 12.6 Å². The Kier molecular flexibility index (Phi) is 4.11. The van der Waals surface area contributed by atoms with Gasteiger partial charge in [-0.15, -0.1) is 0 Å². The van der Waals surface area contributed by atoms with E-state index in [0.29, 0.717) is 13.0 Å². The number of carbonyl (C=O) groups excluding carboxylic acids is 1. The van der Waals surface area contributed by atoms with Gasteiger partial charge in [0, 0.05) is 16.2 Å². The van der Waals surface area contributed by atoms with Crippen molar-refractivity contribution in [3.8, 4) is 0 Å². The van der Waals surface area contributed by atoms with Gasteiger partial charge in [-0.3, -0.25) is 0 Å². The van der Waals surface area contributed by atoms with Gasteiger partial charge in [0.15, 0.2) is 0 Å². The Morgan fingerprint density at radius 2 is 1.81 bits per heavy atom. The van der Waals surface area contributed by atoms with E-state index in [-0.39, 0.29) is 5.97 Å². The fourth-order valence-electron chi connectivity index (χ4n) is 2.44. The summed E-state index contributed by atoms with van der Waals surface area (Å²) in [5, 5.41) is 0. The SMILES string of the molecule is CCOC(=O)C1=C(Sc2ccccc2)c2ccccc2C1. The lowest BCUT2D eigenvalue weighted by atomic mass is 10.1. The molecule has 1 aliphatic carbocycles. The molecule has 0 saturated heterocycles. The molecule has 3 rings (SSSR count). The van der Waals surface area contributed by atoms with Crippen molar-refractivity contribution >= 4 is 22.6 Å². The summed E-state index contributed by atoms with van der Waals surface area (Å²) >= 11 is 1.63. The predicted octanol–water partition coefficient (Wildman–Crippen LogP) is 4.31. The lowest BCUT2D eigenvalue weighted by molar-refractivity contribution is -0.138. The van der Waals surface area contributed by atoms with Crippen molar-refractivity contribution in [2.24, 2.45) is 0 Å². The van der Waals surface area contributed by atoms with E-state index in [2.05, 4.69) is 24.3 Å². The van der Waals surface area contributed by atoms with Crippen molar-refractivity contribution in [1.29, 1.82) is 0 Å². The Balaban J connectivity index is 2.00. The van der Waals surface area contributed by atoms with Crippen LogP contribution in [0.25, 0.3) is 4.91 Å². The predicted molar refractivity (Wildman–Crippen MR) is 86.0 cm³/mol. The monoisotopic (exact) mass is 296 g/mol. The summed E-state index contributed by atoms with van der Waals surface area (Å²) < 4.78 is 5.21. The average Bonchev–Trinajstić information content (AvgIpc) is 2.88. The molecule has 2 aromatic rings. The number of thioether (sulfide) groups is 1. The summed E-state index contributed by atoms with van der Waals surface area (Å²) in [4.78, 5) is 14.4. The first-order valence-corrected chi connectivity index (χ1v) is 7.82.